The Morgan fingerprint density at radius 2 is 0.754 bits per heavy atom. The fraction of sp³-hybridized carbons (Fsp3) is 0.163. The number of sulfonamides is 4. The monoisotopic (exact) mass is 1930 g/mol. The summed E-state index contributed by atoms with van der Waals surface area (Å²) in [4.78, 5) is 56.1. The highest BCUT2D eigenvalue weighted by Crippen LogP contribution is 2.45. The third kappa shape index (κ3) is 23.8. The molecule has 12 aromatic rings. The molecule has 3 aliphatic rings. The minimum atomic E-state index is -3.83. The summed E-state index contributed by atoms with van der Waals surface area (Å²) in [7, 11) is -10.9. The van der Waals surface area contributed by atoms with Gasteiger partial charge >= 0.3 is 0 Å². The Labute approximate surface area is 759 Å². The van der Waals surface area contributed by atoms with Crippen LogP contribution in [0.3, 0.4) is 0 Å². The average molecular weight is 1940 g/mol. The van der Waals surface area contributed by atoms with E-state index in [-0.39, 0.29) is 138 Å². The maximum Gasteiger partial charge on any atom is 0.238 e. The normalized spacial score (nSPS) is 14.9. The summed E-state index contributed by atoms with van der Waals surface area (Å²) in [5, 5.41) is 30.0. The molecule has 0 spiro atoms. The Bertz CT molecular complexity index is 6780. The second-order valence-electron chi connectivity index (χ2n) is 29.3. The number of carbonyl (C=O) groups excluding carboxylic acids is 4. The summed E-state index contributed by atoms with van der Waals surface area (Å²) >= 11 is 9.58. The molecule has 3 fully saturated rings. The molecular weight excluding hydrogens is 1850 g/mol. The lowest BCUT2D eigenvalue weighted by Gasteiger charge is -2.21. The summed E-state index contributed by atoms with van der Waals surface area (Å²) in [6, 6.07) is 66.6. The highest BCUT2D eigenvalue weighted by Gasteiger charge is 2.36. The molecule has 12 aromatic carbocycles. The molecule has 15 rings (SSSR count). The van der Waals surface area contributed by atoms with Gasteiger partial charge in [0.2, 0.25) is 69.5 Å². The smallest absolute Gasteiger partial charge is 0.238 e. The van der Waals surface area contributed by atoms with E-state index in [2.05, 4.69) is 15.9 Å². The molecule has 0 unspecified atom stereocenters. The maximum atomic E-state index is 14.6. The van der Waals surface area contributed by atoms with Gasteiger partial charge in [-0.25, -0.2) is 71.8 Å². The first-order chi connectivity index (χ1) is 61.8. The number of anilines is 4. The number of nitriles is 1. The van der Waals surface area contributed by atoms with E-state index in [4.69, 9.17) is 65.3 Å². The van der Waals surface area contributed by atoms with Crippen molar-refractivity contribution in [2.45, 2.75) is 69.9 Å². The number of rotatable bonds is 25. The van der Waals surface area contributed by atoms with Crippen LogP contribution in [0.2, 0.25) is 5.02 Å². The van der Waals surface area contributed by atoms with E-state index in [1.54, 1.807) is 148 Å². The van der Waals surface area contributed by atoms with Gasteiger partial charge in [-0.3, -0.25) is 19.2 Å². The largest absolute Gasteiger partial charge is 0.493 e. The van der Waals surface area contributed by atoms with Gasteiger partial charge in [0, 0.05) is 92.9 Å². The molecule has 130 heavy (non-hydrogen) atoms. The number of nitrogens with two attached hydrogens (primary N) is 4. The topological polar surface area (TPSA) is 410 Å². The van der Waals surface area contributed by atoms with E-state index in [1.165, 1.54) is 148 Å². The molecule has 3 saturated heterocycles. The predicted molar refractivity (Wildman–Crippen MR) is 481 cm³/mol. The van der Waals surface area contributed by atoms with Crippen molar-refractivity contribution in [3.8, 4) is 69.3 Å². The van der Waals surface area contributed by atoms with E-state index >= 15 is 0 Å². The zero-order valence-corrected chi connectivity index (χ0v) is 74.9. The summed E-state index contributed by atoms with van der Waals surface area (Å²) < 4.78 is 189. The SMILES string of the molecule is CC(=O)N(CCc1ccc(F)c(Oc2ccccc2C#N)c1)c1ccc(S(N)(=O)=O)cc1.COc1cccc(Cl)c1Oc1cc([C@H]2CC(=O)N(c3ccc(S(N)(=O)=O)cc3)C2)ccc1F.COc1cccc(OC)c1Oc1cc([C@H]2CC(=O)N(c3ccc(S(N)(=O)=O)cc3)C2)ccc1F.NS(=O)(=O)c1ccc(N2C[C@@H](c3ccc(F)c(Oc4ccccc4Br)c3)CC2=O)cc1. The molecule has 3 atom stereocenters. The van der Waals surface area contributed by atoms with Crippen molar-refractivity contribution >= 4 is 114 Å². The average Bonchev–Trinajstić information content (AvgIpc) is 1.68. The van der Waals surface area contributed by atoms with E-state index in [1.807, 2.05) is 12.1 Å². The summed E-state index contributed by atoms with van der Waals surface area (Å²) in [6.07, 6.45) is 1.04. The van der Waals surface area contributed by atoms with Gasteiger partial charge in [-0.05, 0) is 239 Å². The molecule has 0 radical (unpaired) electrons. The molecule has 674 valence electrons. The number of benzene rings is 12. The van der Waals surface area contributed by atoms with Crippen molar-refractivity contribution in [3.05, 3.63) is 315 Å². The van der Waals surface area contributed by atoms with Crippen molar-refractivity contribution in [1.29, 1.82) is 5.26 Å². The predicted octanol–water partition coefficient (Wildman–Crippen LogP) is 16.5. The van der Waals surface area contributed by atoms with Crippen LogP contribution in [0.4, 0.5) is 40.3 Å². The van der Waals surface area contributed by atoms with Gasteiger partial charge in [0.25, 0.3) is 0 Å². The molecule has 0 bridgehead atoms. The van der Waals surface area contributed by atoms with Crippen molar-refractivity contribution in [2.75, 3.05) is 67.1 Å². The number of hydrogen-bond donors (Lipinski definition) is 4. The number of ether oxygens (including phenoxy) is 7. The first-order valence-electron chi connectivity index (χ1n) is 39.2. The second kappa shape index (κ2) is 41.4. The van der Waals surface area contributed by atoms with E-state index in [0.29, 0.717) is 81.8 Å². The van der Waals surface area contributed by atoms with Gasteiger partial charge in [-0.15, -0.1) is 0 Å². The Kier molecular flexibility index (Phi) is 30.6. The van der Waals surface area contributed by atoms with Gasteiger partial charge in [0.15, 0.2) is 69.3 Å². The lowest BCUT2D eigenvalue weighted by Crippen LogP contribution is -2.30. The van der Waals surface area contributed by atoms with Gasteiger partial charge in [0.1, 0.15) is 17.6 Å². The molecule has 4 amide bonds. The van der Waals surface area contributed by atoms with Crippen LogP contribution in [0.1, 0.15) is 71.8 Å². The van der Waals surface area contributed by atoms with Crippen LogP contribution in [0, 0.1) is 34.6 Å². The van der Waals surface area contributed by atoms with Crippen molar-refractivity contribution < 1.29 is 104 Å². The van der Waals surface area contributed by atoms with Crippen LogP contribution in [0.5, 0.6) is 63.2 Å². The summed E-state index contributed by atoms with van der Waals surface area (Å²) in [5.74, 6) is -1.18. The maximum absolute atomic E-state index is 14.6. The van der Waals surface area contributed by atoms with Crippen LogP contribution >= 0.6 is 27.5 Å². The molecule has 0 aromatic heterocycles. The quantitative estimate of drug-likeness (QED) is 0.0386. The number of carbonyl (C=O) groups is 4. The standard InChI is InChI=1S/C24H23FN2O6S.C23H20ClFN2O5S.C23H20FN3O4S.C22H18BrFN2O4S/c1-31-20-4-3-5-21(32-2)24(20)33-22-12-15(6-11-19(22)25)16-13-23(28)27(14-16)17-7-9-18(10-8-17)34(26,29)30;1-31-20-4-2-3-18(24)23(20)32-21-11-14(5-10-19(21)25)15-12-22(28)27(13-15)16-6-8-17(9-7-16)33(26,29)30;1-16(28)27(19-7-9-20(10-8-19)32(26,29)30)13-12-17-6-11-21(24)23(14-17)31-22-5-3-2-4-18(22)15-25;23-18-3-1-2-4-20(18)30-21-11-14(5-10-19(21)24)15-12-22(27)26(13-15)16-6-8-17(9-7-16)31(25,28)29/h3-12,16H,13-14H2,1-2H3,(H2,26,29,30);2-11,15H,12-13H2,1H3,(H2,26,29,30);2-11,14H,12-13H2,1H3,(H2,26,29,30);1-11,15H,12-13H2,(H2,25,28,29)/t16-;15-;;15-/m00.0/s1. The number of amides is 4. The third-order valence-corrected chi connectivity index (χ3v) is 25.5. The van der Waals surface area contributed by atoms with E-state index in [9.17, 15) is 75.7 Å². The Morgan fingerprint density at radius 1 is 0.423 bits per heavy atom. The lowest BCUT2D eigenvalue weighted by atomic mass is 9.98. The molecule has 3 heterocycles. The van der Waals surface area contributed by atoms with Crippen molar-refractivity contribution in [2.24, 2.45) is 20.6 Å². The molecule has 3 aliphatic heterocycles. The van der Waals surface area contributed by atoms with Gasteiger partial charge in [-0.1, -0.05) is 72.3 Å². The second-order valence-corrected chi connectivity index (χ2v) is 36.8. The fourth-order valence-corrected chi connectivity index (χ4v) is 16.8. The van der Waals surface area contributed by atoms with Crippen LogP contribution in [-0.2, 0) is 65.7 Å². The van der Waals surface area contributed by atoms with Gasteiger partial charge in [-0.2, -0.15) is 5.26 Å². The van der Waals surface area contributed by atoms with Gasteiger partial charge < -0.3 is 52.8 Å². The molecule has 0 saturated carbocycles. The van der Waals surface area contributed by atoms with Crippen LogP contribution in [0.15, 0.2) is 279 Å². The van der Waals surface area contributed by atoms with Gasteiger partial charge in [0.05, 0.1) is 56.0 Å². The summed E-state index contributed by atoms with van der Waals surface area (Å²) in [6.45, 7) is 2.73. The number of halogens is 6. The van der Waals surface area contributed by atoms with Crippen LogP contribution < -0.4 is 73.3 Å². The number of methoxy groups -OCH3 is 3. The first-order valence-corrected chi connectivity index (χ1v) is 46.5. The fourth-order valence-electron chi connectivity index (χ4n) is 14.2. The first kappa shape index (κ1) is 95.8. The minimum absolute atomic E-state index is 0.0214. The number of nitrogens with zero attached hydrogens (tertiary/aromatic N) is 5. The van der Waals surface area contributed by atoms with Crippen LogP contribution in [0.25, 0.3) is 0 Å². The lowest BCUT2D eigenvalue weighted by molar-refractivity contribution is -0.118. The zero-order valence-electron chi connectivity index (χ0n) is 69.3. The van der Waals surface area contributed by atoms with E-state index in [0.717, 1.165) is 16.7 Å². The highest BCUT2D eigenvalue weighted by atomic mass is 79.9. The van der Waals surface area contributed by atoms with Crippen LogP contribution in [-0.4, -0.2) is 105 Å². The minimum Gasteiger partial charge on any atom is -0.493 e. The van der Waals surface area contributed by atoms with Crippen molar-refractivity contribution in [1.82, 2.24) is 0 Å². The molecule has 28 nitrogen and oxygen atoms in total. The number of primary sulfonamides is 4. The Balaban J connectivity index is 0.000000157. The summed E-state index contributed by atoms with van der Waals surface area (Å²) in [5.41, 5.74) is 5.40. The number of hydrogen-bond acceptors (Lipinski definition) is 20. The highest BCUT2D eigenvalue weighted by molar-refractivity contribution is 9.10. The number of para-hydroxylation sites is 4. The Hall–Kier alpha value is -13.3. The Morgan fingerprint density at radius 3 is 1.14 bits per heavy atom. The third-order valence-electron chi connectivity index (χ3n) is 20.8. The van der Waals surface area contributed by atoms with Crippen molar-refractivity contribution in [3.63, 3.8) is 0 Å². The molecule has 8 N–H and O–H groups in total. The zero-order chi connectivity index (χ0) is 93.7. The molecule has 0 aliphatic carbocycles. The molecule has 38 heteroatoms. The van der Waals surface area contributed by atoms with E-state index < -0.39 is 63.4 Å². The molecular formula is C92H81BrClF4N9O19S4.